The van der Waals surface area contributed by atoms with E-state index in [1.165, 1.54) is 6.07 Å². The van der Waals surface area contributed by atoms with Crippen molar-refractivity contribution in [3.63, 3.8) is 0 Å². The first-order valence-electron chi connectivity index (χ1n) is 23.2. The maximum atomic E-state index is 16.6. The van der Waals surface area contributed by atoms with Gasteiger partial charge in [0, 0.05) is 69.6 Å². The minimum atomic E-state index is -3.92. The number of piperazine rings is 1. The highest BCUT2D eigenvalue weighted by Crippen LogP contribution is 2.39. The zero-order valence-corrected chi connectivity index (χ0v) is 32.3. The summed E-state index contributed by atoms with van der Waals surface area (Å²) in [5.74, 6) is -12.3. The van der Waals surface area contributed by atoms with E-state index in [1.54, 1.807) is 29.2 Å². The van der Waals surface area contributed by atoms with E-state index in [4.69, 9.17) is 32.6 Å². The molecule has 4 fully saturated rings. The van der Waals surface area contributed by atoms with Crippen LogP contribution in [-0.4, -0.2) is 113 Å². The number of anilines is 2. The summed E-state index contributed by atoms with van der Waals surface area (Å²) in [6, 6.07) is 8.05. The molecule has 2 N–H and O–H groups in total. The Hall–Kier alpha value is -5.80. The molecule has 3 saturated heterocycles. The van der Waals surface area contributed by atoms with E-state index in [1.807, 2.05) is 11.4 Å². The van der Waals surface area contributed by atoms with Crippen molar-refractivity contribution in [3.05, 3.63) is 75.2 Å². The van der Waals surface area contributed by atoms with Gasteiger partial charge >= 0.3 is 0 Å². The van der Waals surface area contributed by atoms with Crippen LogP contribution >= 0.6 is 11.6 Å². The van der Waals surface area contributed by atoms with Crippen molar-refractivity contribution >= 4 is 52.6 Å². The topological polar surface area (TPSA) is 181 Å². The summed E-state index contributed by atoms with van der Waals surface area (Å²) in [7, 11) is 0. The molecule has 0 bridgehead atoms. The Kier molecular flexibility index (Phi) is 9.10. The number of carbonyl (C=O) groups is 5. The minimum absolute atomic E-state index is 0.0676. The van der Waals surface area contributed by atoms with Gasteiger partial charge in [-0.2, -0.15) is 5.26 Å². The lowest BCUT2D eigenvalue weighted by atomic mass is 9.93. The number of hydrogen-bond acceptors (Lipinski definition) is 12. The highest BCUT2D eigenvalue weighted by molar-refractivity contribution is 6.31. The van der Waals surface area contributed by atoms with Crippen molar-refractivity contribution in [1.29, 1.82) is 5.26 Å². The number of piperidine rings is 2. The molecule has 5 amide bonds. The van der Waals surface area contributed by atoms with Gasteiger partial charge in [0.1, 0.15) is 23.5 Å². The Labute approximate surface area is 359 Å². The Balaban J connectivity index is 0.913. The number of hydrogen-bond donors (Lipinski definition) is 2. The van der Waals surface area contributed by atoms with E-state index in [0.29, 0.717) is 47.8 Å². The van der Waals surface area contributed by atoms with Crippen molar-refractivity contribution in [3.8, 4) is 11.8 Å². The largest absolute Gasteiger partial charge is 0.490 e. The number of amides is 5. The van der Waals surface area contributed by atoms with Crippen LogP contribution in [0, 0.1) is 34.7 Å². The van der Waals surface area contributed by atoms with E-state index in [-0.39, 0.29) is 60.0 Å². The number of imide groups is 2. The summed E-state index contributed by atoms with van der Waals surface area (Å²) in [5, 5.41) is 22.5. The lowest BCUT2D eigenvalue weighted by molar-refractivity contribution is -0.136. The van der Waals surface area contributed by atoms with Crippen LogP contribution < -0.4 is 25.2 Å². The fraction of sp³-hybridized carbons (Fsp3) is 0.463. The molecule has 1 aliphatic carbocycles. The quantitative estimate of drug-likeness (QED) is 0.234. The third kappa shape index (κ3) is 8.07. The van der Waals surface area contributed by atoms with E-state index < -0.39 is 120 Å². The molecule has 2 aromatic carbocycles. The number of ether oxygens (including phenoxy) is 1. The Morgan fingerprint density at radius 3 is 2.23 bits per heavy atom. The summed E-state index contributed by atoms with van der Waals surface area (Å²) in [6.07, 6.45) is 2.09. The average Bonchev–Trinajstić information content (AvgIpc) is 3.55. The maximum absolute atomic E-state index is 16.6. The van der Waals surface area contributed by atoms with Gasteiger partial charge in [0.25, 0.3) is 17.7 Å². The number of aromatic nitrogens is 2. The fourth-order valence-corrected chi connectivity index (χ4v) is 8.14. The van der Waals surface area contributed by atoms with Gasteiger partial charge in [-0.15, -0.1) is 10.2 Å². The molecular weight excluding hydrogens is 807 g/mol. The van der Waals surface area contributed by atoms with Crippen molar-refractivity contribution in [2.75, 3.05) is 55.4 Å². The Bertz CT molecular complexity index is 2620. The normalized spacial score (nSPS) is 28.1. The Morgan fingerprint density at radius 2 is 1.60 bits per heavy atom. The van der Waals surface area contributed by atoms with Crippen LogP contribution in [0.25, 0.3) is 0 Å². The summed E-state index contributed by atoms with van der Waals surface area (Å²) >= 11 is 6.12. The van der Waals surface area contributed by atoms with Crippen LogP contribution in [0.5, 0.6) is 5.75 Å². The smallest absolute Gasteiger partial charge is 0.272 e. The molecule has 8 rings (SSSR count). The molecular formula is C41H41ClF3N9O6. The van der Waals surface area contributed by atoms with Gasteiger partial charge in [-0.1, -0.05) is 11.6 Å². The number of nitrogens with one attached hydrogen (secondary N) is 2. The lowest BCUT2D eigenvalue weighted by Gasteiger charge is -2.40. The number of fused-ring (bicyclic) bond motifs is 1. The summed E-state index contributed by atoms with van der Waals surface area (Å²) in [4.78, 5) is 65.6. The van der Waals surface area contributed by atoms with Crippen LogP contribution in [0.4, 0.5) is 24.7 Å². The first-order valence-corrected chi connectivity index (χ1v) is 19.6. The minimum Gasteiger partial charge on any atom is -0.490 e. The molecule has 314 valence electrons. The van der Waals surface area contributed by atoms with Gasteiger partial charge < -0.3 is 19.9 Å². The van der Waals surface area contributed by atoms with Crippen LogP contribution in [0.2, 0.25) is 5.02 Å². The highest BCUT2D eigenvalue weighted by Gasteiger charge is 2.49. The van der Waals surface area contributed by atoms with Gasteiger partial charge in [0.15, 0.2) is 29.0 Å². The number of benzene rings is 2. The van der Waals surface area contributed by atoms with Crippen LogP contribution in [0.3, 0.4) is 0 Å². The number of halogens is 4. The molecule has 1 aromatic heterocycles. The molecule has 4 aliphatic heterocycles. The zero-order valence-electron chi connectivity index (χ0n) is 39.6. The maximum Gasteiger partial charge on any atom is 0.272 e. The zero-order chi connectivity index (χ0) is 49.4. The number of rotatable bonds is 9. The molecule has 3 aromatic rings. The van der Waals surface area contributed by atoms with Crippen LogP contribution in [0.15, 0.2) is 30.3 Å². The molecule has 60 heavy (non-hydrogen) atoms. The molecule has 5 aliphatic rings. The number of nitrogens with zero attached hydrogens (tertiary/aromatic N) is 7. The van der Waals surface area contributed by atoms with Gasteiger partial charge in [-0.3, -0.25) is 39.1 Å². The molecule has 1 atom stereocenters. The average molecular weight is 856 g/mol. The third-order valence-corrected chi connectivity index (χ3v) is 11.5. The van der Waals surface area contributed by atoms with E-state index in [9.17, 15) is 24.0 Å². The predicted molar refractivity (Wildman–Crippen MR) is 209 cm³/mol. The first-order chi connectivity index (χ1) is 31.9. The lowest BCUT2D eigenvalue weighted by Crippen LogP contribution is -2.54. The second-order valence-corrected chi connectivity index (χ2v) is 15.3. The molecule has 1 saturated carbocycles. The van der Waals surface area contributed by atoms with Gasteiger partial charge in [-0.25, -0.2) is 13.2 Å². The number of carbonyl (C=O) groups excluding carboxylic acids is 5. The molecule has 1 unspecified atom stereocenters. The van der Waals surface area contributed by atoms with Crippen molar-refractivity contribution in [2.24, 2.45) is 5.92 Å². The van der Waals surface area contributed by atoms with Gasteiger partial charge in [0.05, 0.1) is 33.3 Å². The molecule has 19 heteroatoms. The molecule has 0 radical (unpaired) electrons. The standard InChI is InChI=1S/C41H41ClF3N9O6/c42-27-19-26(4-1-23(27)20-46)60-25-5-2-24(3-6-25)47-38(56)28-7-9-30(50-49-28)52-13-11-22(12-14-52)21-51-15-17-53(18-16-51)37-35(44)33-32(34(43)36(37)45)40(58)54(41(33)59)29-8-10-31(55)48-39(29)57/h1,4,7,9,19,22,24-25,29H,2-3,5-6,8,10-18,21H2,(H,47,56)(H,48,55,57)/i15D2,16D2,17D2,18D2. The fourth-order valence-electron chi connectivity index (χ4n) is 7.92. The molecule has 5 heterocycles. The van der Waals surface area contributed by atoms with Gasteiger partial charge in [-0.05, 0) is 75.1 Å². The second kappa shape index (κ2) is 17.1. The third-order valence-electron chi connectivity index (χ3n) is 11.1. The second-order valence-electron chi connectivity index (χ2n) is 14.9. The molecule has 15 nitrogen and oxygen atoms in total. The Morgan fingerprint density at radius 1 is 0.900 bits per heavy atom. The first kappa shape index (κ1) is 32.0. The van der Waals surface area contributed by atoms with Gasteiger partial charge in [0.2, 0.25) is 11.8 Å². The number of nitriles is 1. The SMILES string of the molecule is [2H]C1([2H])N(CC2CCN(c3ccc(C(=O)NC4CCC(Oc5ccc(C#N)c(Cl)c5)CC4)nn3)CC2)C([2H])([2H])C([2H])([2H])N(c2c(F)c(F)c3c(c2F)C(=O)N(C2CCC(=O)NC2=O)C3=O)C1([2H])[2H]. The summed E-state index contributed by atoms with van der Waals surface area (Å²) in [6.45, 7) is -15.2. The van der Waals surface area contributed by atoms with Crippen LogP contribution in [-0.2, 0) is 9.59 Å². The van der Waals surface area contributed by atoms with E-state index >= 15 is 13.2 Å². The van der Waals surface area contributed by atoms with Crippen molar-refractivity contribution < 1.29 is 52.8 Å². The van der Waals surface area contributed by atoms with E-state index in [2.05, 4.69) is 15.5 Å². The molecule has 0 spiro atoms. The van der Waals surface area contributed by atoms with E-state index in [0.717, 1.165) is 0 Å². The summed E-state index contributed by atoms with van der Waals surface area (Å²) in [5.41, 5.74) is -4.62. The van der Waals surface area contributed by atoms with Crippen LogP contribution in [0.1, 0.15) is 99.1 Å². The summed E-state index contributed by atoms with van der Waals surface area (Å²) < 4.78 is 125. The highest BCUT2D eigenvalue weighted by atomic mass is 35.5. The monoisotopic (exact) mass is 855 g/mol. The van der Waals surface area contributed by atoms with Crippen molar-refractivity contribution in [1.82, 2.24) is 30.6 Å². The predicted octanol–water partition coefficient (Wildman–Crippen LogP) is 3.98. The van der Waals surface area contributed by atoms with Crippen molar-refractivity contribution in [2.45, 2.75) is 69.6 Å².